The molecule has 1 heterocycles. The van der Waals surface area contributed by atoms with Crippen molar-refractivity contribution in [3.63, 3.8) is 0 Å². The molecule has 8 nitrogen and oxygen atoms in total. The highest BCUT2D eigenvalue weighted by Crippen LogP contribution is 2.26. The number of anilines is 1. The van der Waals surface area contributed by atoms with Gasteiger partial charge in [0, 0.05) is 24.6 Å². The van der Waals surface area contributed by atoms with E-state index in [1.807, 2.05) is 42.0 Å². The van der Waals surface area contributed by atoms with Crippen LogP contribution in [0.15, 0.2) is 96.4 Å². The van der Waals surface area contributed by atoms with Crippen molar-refractivity contribution in [2.24, 2.45) is 0 Å². The number of carbonyl (C=O) groups is 1. The molecule has 0 saturated heterocycles. The minimum absolute atomic E-state index is 0.113. The Morgan fingerprint density at radius 1 is 1.00 bits per heavy atom. The number of nitrogens with one attached hydrogen (secondary N) is 1. The standard InChI is InChI=1S/C26H26N4O4S/c1-20-3-13-25(14-4-20)35(32,33)30(23-9-11-24(34-2)12-10-23)18-26(31)28-17-21-5-7-22(8-6-21)29-16-15-27-19-29/h3-16,19H,17-18H2,1-2H3,(H,28,31). The summed E-state index contributed by atoms with van der Waals surface area (Å²) in [7, 11) is -2.44. The van der Waals surface area contributed by atoms with Gasteiger partial charge in [0.25, 0.3) is 10.0 Å². The van der Waals surface area contributed by atoms with Crippen LogP contribution in [-0.4, -0.2) is 37.5 Å². The minimum atomic E-state index is -3.98. The molecule has 0 saturated carbocycles. The van der Waals surface area contributed by atoms with E-state index in [-0.39, 0.29) is 18.0 Å². The zero-order valence-electron chi connectivity index (χ0n) is 19.5. The molecule has 0 radical (unpaired) electrons. The van der Waals surface area contributed by atoms with Gasteiger partial charge in [-0.2, -0.15) is 0 Å². The average Bonchev–Trinajstić information content (AvgIpc) is 3.42. The monoisotopic (exact) mass is 490 g/mol. The third kappa shape index (κ3) is 5.70. The van der Waals surface area contributed by atoms with Gasteiger partial charge in [0.1, 0.15) is 12.3 Å². The molecule has 35 heavy (non-hydrogen) atoms. The molecule has 0 aliphatic carbocycles. The van der Waals surface area contributed by atoms with Crippen LogP contribution < -0.4 is 14.4 Å². The number of nitrogens with zero attached hydrogens (tertiary/aromatic N) is 3. The van der Waals surface area contributed by atoms with Crippen molar-refractivity contribution in [3.05, 3.63) is 103 Å². The van der Waals surface area contributed by atoms with E-state index < -0.39 is 15.9 Å². The van der Waals surface area contributed by atoms with E-state index in [1.54, 1.807) is 61.1 Å². The van der Waals surface area contributed by atoms with Gasteiger partial charge >= 0.3 is 0 Å². The Balaban J connectivity index is 1.51. The number of imidazole rings is 1. The molecule has 3 aromatic carbocycles. The SMILES string of the molecule is COc1ccc(N(CC(=O)NCc2ccc(-n3ccnc3)cc2)S(=O)(=O)c2ccc(C)cc2)cc1. The summed E-state index contributed by atoms with van der Waals surface area (Å²) < 4.78 is 35.1. The van der Waals surface area contributed by atoms with Crippen LogP contribution in [0.1, 0.15) is 11.1 Å². The van der Waals surface area contributed by atoms with Crippen molar-refractivity contribution in [2.75, 3.05) is 18.0 Å². The number of hydrogen-bond acceptors (Lipinski definition) is 5. The molecular formula is C26H26N4O4S. The van der Waals surface area contributed by atoms with Crippen LogP contribution in [0.5, 0.6) is 5.75 Å². The van der Waals surface area contributed by atoms with Gasteiger partial charge in [0.15, 0.2) is 0 Å². The van der Waals surface area contributed by atoms with Crippen LogP contribution in [0, 0.1) is 6.92 Å². The molecule has 1 aromatic heterocycles. The molecule has 4 rings (SSSR count). The van der Waals surface area contributed by atoms with Gasteiger partial charge in [-0.15, -0.1) is 0 Å². The number of sulfonamides is 1. The molecule has 9 heteroatoms. The Hall–Kier alpha value is -4.11. The molecule has 180 valence electrons. The fourth-order valence-electron chi connectivity index (χ4n) is 3.49. The number of rotatable bonds is 9. The first-order valence-electron chi connectivity index (χ1n) is 10.9. The maximum Gasteiger partial charge on any atom is 0.264 e. The van der Waals surface area contributed by atoms with Crippen LogP contribution in [0.2, 0.25) is 0 Å². The molecule has 0 bridgehead atoms. The number of ether oxygens (including phenoxy) is 1. The highest BCUT2D eigenvalue weighted by Gasteiger charge is 2.27. The van der Waals surface area contributed by atoms with Crippen molar-refractivity contribution in [2.45, 2.75) is 18.4 Å². The summed E-state index contributed by atoms with van der Waals surface area (Å²) in [5.41, 5.74) is 3.15. The molecule has 4 aromatic rings. The van der Waals surface area contributed by atoms with E-state index in [1.165, 1.54) is 7.11 Å². The lowest BCUT2D eigenvalue weighted by Crippen LogP contribution is -2.40. The van der Waals surface area contributed by atoms with Gasteiger partial charge in [-0.1, -0.05) is 29.8 Å². The zero-order chi connectivity index (χ0) is 24.8. The number of hydrogen-bond donors (Lipinski definition) is 1. The van der Waals surface area contributed by atoms with E-state index in [0.29, 0.717) is 11.4 Å². The maximum atomic E-state index is 13.5. The Labute approximate surface area is 204 Å². The van der Waals surface area contributed by atoms with Crippen LogP contribution in [0.4, 0.5) is 5.69 Å². The van der Waals surface area contributed by atoms with Gasteiger partial charge in [-0.3, -0.25) is 9.10 Å². The Kier molecular flexibility index (Phi) is 7.17. The van der Waals surface area contributed by atoms with Gasteiger partial charge in [-0.05, 0) is 61.0 Å². The van der Waals surface area contributed by atoms with Crippen molar-refractivity contribution in [3.8, 4) is 11.4 Å². The maximum absolute atomic E-state index is 13.5. The second-order valence-corrected chi connectivity index (χ2v) is 9.80. The second-order valence-electron chi connectivity index (χ2n) is 7.94. The van der Waals surface area contributed by atoms with Crippen LogP contribution >= 0.6 is 0 Å². The first kappa shape index (κ1) is 24.0. The normalized spacial score (nSPS) is 11.1. The summed E-state index contributed by atoms with van der Waals surface area (Å²) in [5, 5.41) is 2.82. The van der Waals surface area contributed by atoms with E-state index in [0.717, 1.165) is 21.1 Å². The van der Waals surface area contributed by atoms with Crippen LogP contribution in [-0.2, 0) is 21.4 Å². The Bertz CT molecular complexity index is 1370. The summed E-state index contributed by atoms with van der Waals surface area (Å²) in [4.78, 5) is 17.0. The summed E-state index contributed by atoms with van der Waals surface area (Å²) in [5.74, 6) is 0.167. The number of carbonyl (C=O) groups excluding carboxylic acids is 1. The van der Waals surface area contributed by atoms with Gasteiger partial charge in [-0.25, -0.2) is 13.4 Å². The van der Waals surface area contributed by atoms with Crippen molar-refractivity contribution >= 4 is 21.6 Å². The molecule has 0 atom stereocenters. The second kappa shape index (κ2) is 10.4. The topological polar surface area (TPSA) is 93.5 Å². The fourth-order valence-corrected chi connectivity index (χ4v) is 4.91. The molecule has 1 amide bonds. The molecule has 0 aliphatic heterocycles. The number of amides is 1. The third-order valence-electron chi connectivity index (χ3n) is 5.49. The molecule has 0 unspecified atom stereocenters. The largest absolute Gasteiger partial charge is 0.497 e. The lowest BCUT2D eigenvalue weighted by atomic mass is 10.2. The van der Waals surface area contributed by atoms with E-state index >= 15 is 0 Å². The molecule has 0 fully saturated rings. The highest BCUT2D eigenvalue weighted by atomic mass is 32.2. The first-order chi connectivity index (χ1) is 16.9. The third-order valence-corrected chi connectivity index (χ3v) is 7.27. The van der Waals surface area contributed by atoms with Crippen LogP contribution in [0.3, 0.4) is 0 Å². The number of benzene rings is 3. The Morgan fingerprint density at radius 2 is 1.69 bits per heavy atom. The predicted octanol–water partition coefficient (Wildman–Crippen LogP) is 3.70. The molecule has 0 spiro atoms. The van der Waals surface area contributed by atoms with Crippen LogP contribution in [0.25, 0.3) is 5.69 Å². The fraction of sp³-hybridized carbons (Fsp3) is 0.154. The number of aryl methyl sites for hydroxylation is 1. The van der Waals surface area contributed by atoms with Gasteiger partial charge in [0.05, 0.1) is 24.0 Å². The van der Waals surface area contributed by atoms with Crippen molar-refractivity contribution < 1.29 is 17.9 Å². The molecule has 1 N–H and O–H groups in total. The van der Waals surface area contributed by atoms with Crippen molar-refractivity contribution in [1.82, 2.24) is 14.9 Å². The van der Waals surface area contributed by atoms with Gasteiger partial charge in [0.2, 0.25) is 5.91 Å². The average molecular weight is 491 g/mol. The summed E-state index contributed by atoms with van der Waals surface area (Å²) in [6, 6.07) is 20.8. The minimum Gasteiger partial charge on any atom is -0.497 e. The molecule has 0 aliphatic rings. The van der Waals surface area contributed by atoms with E-state index in [4.69, 9.17) is 4.74 Å². The lowest BCUT2D eigenvalue weighted by Gasteiger charge is -2.24. The number of methoxy groups -OCH3 is 1. The summed E-state index contributed by atoms with van der Waals surface area (Å²) >= 11 is 0. The Morgan fingerprint density at radius 3 is 2.29 bits per heavy atom. The lowest BCUT2D eigenvalue weighted by molar-refractivity contribution is -0.119. The quantitative estimate of drug-likeness (QED) is 0.386. The zero-order valence-corrected chi connectivity index (χ0v) is 20.3. The van der Waals surface area contributed by atoms with Gasteiger partial charge < -0.3 is 14.6 Å². The molecular weight excluding hydrogens is 464 g/mol. The predicted molar refractivity (Wildman–Crippen MR) is 134 cm³/mol. The first-order valence-corrected chi connectivity index (χ1v) is 12.4. The summed E-state index contributed by atoms with van der Waals surface area (Å²) in [6.07, 6.45) is 5.26. The highest BCUT2D eigenvalue weighted by molar-refractivity contribution is 7.92. The van der Waals surface area contributed by atoms with Crippen molar-refractivity contribution in [1.29, 1.82) is 0 Å². The smallest absolute Gasteiger partial charge is 0.264 e. The number of aromatic nitrogens is 2. The van der Waals surface area contributed by atoms with E-state index in [9.17, 15) is 13.2 Å². The van der Waals surface area contributed by atoms with E-state index in [2.05, 4.69) is 10.3 Å². The summed E-state index contributed by atoms with van der Waals surface area (Å²) in [6.45, 7) is 1.78.